The van der Waals surface area contributed by atoms with Crippen LogP contribution in [0.3, 0.4) is 0 Å². The van der Waals surface area contributed by atoms with E-state index in [4.69, 9.17) is 19.4 Å². The summed E-state index contributed by atoms with van der Waals surface area (Å²) in [6.45, 7) is 3.19. The number of hydrogen-bond donors (Lipinski definition) is 1. The molecule has 1 saturated carbocycles. The topological polar surface area (TPSA) is 59.0 Å². The zero-order chi connectivity index (χ0) is 18.8. The molecule has 1 heterocycles. The highest BCUT2D eigenvalue weighted by molar-refractivity contribution is 5.50. The van der Waals surface area contributed by atoms with Gasteiger partial charge in [0, 0.05) is 25.6 Å². The monoisotopic (exact) mass is 361 g/mol. The van der Waals surface area contributed by atoms with Crippen LogP contribution >= 0.6 is 0 Å². The number of ether oxygens (including phenoxy) is 2. The second kappa shape index (κ2) is 10.3. The Kier molecular flexibility index (Phi) is 8.13. The van der Waals surface area contributed by atoms with Crippen LogP contribution in [0.1, 0.15) is 37.7 Å². The normalized spacial score (nSPS) is 25.8. The molecule has 1 spiro atoms. The fourth-order valence-corrected chi connectivity index (χ4v) is 4.41. The van der Waals surface area contributed by atoms with Gasteiger partial charge in [-0.3, -0.25) is 9.69 Å². The molecule has 2 atom stereocenters. The molecule has 0 aromatic heterocycles. The number of likely N-dealkylation sites (tertiary alicyclic amines) is 1. The van der Waals surface area contributed by atoms with Gasteiger partial charge in [-0.2, -0.15) is 0 Å². The Hall–Kier alpha value is -1.85. The molecular weight excluding hydrogens is 330 g/mol. The maximum absolute atomic E-state index is 8.36. The van der Waals surface area contributed by atoms with Gasteiger partial charge in [0.2, 0.25) is 0 Å². The Morgan fingerprint density at radius 2 is 1.92 bits per heavy atom. The summed E-state index contributed by atoms with van der Waals surface area (Å²) in [7, 11) is 3.59. The van der Waals surface area contributed by atoms with Crippen molar-refractivity contribution in [2.24, 2.45) is 5.41 Å². The zero-order valence-corrected chi connectivity index (χ0v) is 15.9. The minimum absolute atomic E-state index is 0.250. The summed E-state index contributed by atoms with van der Waals surface area (Å²) in [5.74, 6) is 0.909. The van der Waals surface area contributed by atoms with Gasteiger partial charge in [-0.15, -0.1) is 0 Å². The van der Waals surface area contributed by atoms with E-state index in [9.17, 15) is 0 Å². The summed E-state index contributed by atoms with van der Waals surface area (Å²) in [6.07, 6.45) is 11.5. The van der Waals surface area contributed by atoms with Gasteiger partial charge >= 0.3 is 0 Å². The number of hydrogen-bond acceptors (Lipinski definition) is 4. The largest absolute Gasteiger partial charge is 0.497 e. The molecule has 1 aromatic carbocycles. The van der Waals surface area contributed by atoms with Crippen LogP contribution < -0.4 is 4.74 Å². The molecule has 1 aliphatic heterocycles. The first-order valence-electron chi connectivity index (χ1n) is 9.31. The maximum Gasteiger partial charge on any atom is 0.290 e. The summed E-state index contributed by atoms with van der Waals surface area (Å²) >= 11 is 0. The first-order chi connectivity index (χ1) is 12.7. The molecule has 0 amide bonds. The maximum atomic E-state index is 8.36. The van der Waals surface area contributed by atoms with Crippen molar-refractivity contribution >= 4 is 12.5 Å². The van der Waals surface area contributed by atoms with Crippen LogP contribution in [0.5, 0.6) is 5.75 Å². The smallest absolute Gasteiger partial charge is 0.290 e. The van der Waals surface area contributed by atoms with E-state index in [2.05, 4.69) is 29.2 Å². The van der Waals surface area contributed by atoms with Crippen molar-refractivity contribution in [2.75, 3.05) is 33.9 Å². The summed E-state index contributed by atoms with van der Waals surface area (Å²) in [5.41, 5.74) is 1.65. The first kappa shape index (κ1) is 20.5. The number of nitrogens with zero attached hydrogens (tertiary/aromatic N) is 1. The molecule has 5 nitrogen and oxygen atoms in total. The standard InChI is InChI=1S/C20H29NO2.CH2O2/c1-22-18-10-8-17(9-11-18)6-4-14-21-15-5-13-20(16-21)12-3-7-19(20)23-2;2-1-3/h4,6,8-11,19H,3,5,7,12-16H2,1-2H3;1H,(H,2,3)/t19-,20-;/m1./s1. The molecule has 0 radical (unpaired) electrons. The molecular formula is C21H31NO4. The average molecular weight is 361 g/mol. The van der Waals surface area contributed by atoms with Crippen molar-refractivity contribution in [1.29, 1.82) is 0 Å². The van der Waals surface area contributed by atoms with Gasteiger partial charge < -0.3 is 14.6 Å². The van der Waals surface area contributed by atoms with Crippen molar-refractivity contribution in [3.8, 4) is 5.75 Å². The average Bonchev–Trinajstić information content (AvgIpc) is 3.04. The molecule has 1 aliphatic carbocycles. The van der Waals surface area contributed by atoms with Crippen molar-refractivity contribution in [2.45, 2.75) is 38.2 Å². The minimum atomic E-state index is -0.250. The number of methoxy groups -OCH3 is 2. The Bertz CT molecular complexity index is 572. The lowest BCUT2D eigenvalue weighted by Gasteiger charge is -2.43. The zero-order valence-electron chi connectivity index (χ0n) is 15.9. The Morgan fingerprint density at radius 1 is 1.23 bits per heavy atom. The van der Waals surface area contributed by atoms with E-state index in [1.54, 1.807) is 7.11 Å². The van der Waals surface area contributed by atoms with Gasteiger partial charge in [-0.1, -0.05) is 30.7 Å². The second-order valence-electron chi connectivity index (χ2n) is 7.10. The Morgan fingerprint density at radius 3 is 2.58 bits per heavy atom. The van der Waals surface area contributed by atoms with Gasteiger partial charge in [0.15, 0.2) is 0 Å². The van der Waals surface area contributed by atoms with Crippen LogP contribution in [0.4, 0.5) is 0 Å². The van der Waals surface area contributed by atoms with Gasteiger partial charge in [-0.05, 0) is 49.9 Å². The van der Waals surface area contributed by atoms with E-state index in [0.29, 0.717) is 11.5 Å². The summed E-state index contributed by atoms with van der Waals surface area (Å²) in [4.78, 5) is 11.0. The van der Waals surface area contributed by atoms with E-state index in [1.165, 1.54) is 50.8 Å². The number of benzene rings is 1. The summed E-state index contributed by atoms with van der Waals surface area (Å²) in [6, 6.07) is 8.23. The number of carboxylic acid groups (broad SMARTS) is 1. The molecule has 144 valence electrons. The lowest BCUT2D eigenvalue weighted by molar-refractivity contribution is -0.122. The third-order valence-corrected chi connectivity index (χ3v) is 5.59. The van der Waals surface area contributed by atoms with Crippen LogP contribution in [-0.2, 0) is 9.53 Å². The van der Waals surface area contributed by atoms with Crippen LogP contribution in [0.15, 0.2) is 30.3 Å². The van der Waals surface area contributed by atoms with Crippen molar-refractivity contribution in [3.05, 3.63) is 35.9 Å². The van der Waals surface area contributed by atoms with E-state index in [1.807, 2.05) is 19.2 Å². The van der Waals surface area contributed by atoms with Gasteiger partial charge in [0.1, 0.15) is 5.75 Å². The highest BCUT2D eigenvalue weighted by atomic mass is 16.5. The summed E-state index contributed by atoms with van der Waals surface area (Å²) < 4.78 is 11.0. The lowest BCUT2D eigenvalue weighted by atomic mass is 9.76. The molecule has 3 rings (SSSR count). The Balaban J connectivity index is 0.000000758. The molecule has 0 unspecified atom stereocenters. The van der Waals surface area contributed by atoms with Crippen LogP contribution in [0.2, 0.25) is 0 Å². The molecule has 2 fully saturated rings. The predicted molar refractivity (Wildman–Crippen MR) is 103 cm³/mol. The molecule has 0 bridgehead atoms. The van der Waals surface area contributed by atoms with Gasteiger partial charge in [0.05, 0.1) is 13.2 Å². The fraction of sp³-hybridized carbons (Fsp3) is 0.571. The van der Waals surface area contributed by atoms with E-state index >= 15 is 0 Å². The first-order valence-corrected chi connectivity index (χ1v) is 9.31. The van der Waals surface area contributed by atoms with Crippen LogP contribution in [-0.4, -0.2) is 56.4 Å². The second-order valence-corrected chi connectivity index (χ2v) is 7.10. The number of piperidine rings is 1. The Labute approximate surface area is 156 Å². The quantitative estimate of drug-likeness (QED) is 0.811. The van der Waals surface area contributed by atoms with Crippen LogP contribution in [0, 0.1) is 5.41 Å². The highest BCUT2D eigenvalue weighted by Gasteiger charge is 2.45. The lowest BCUT2D eigenvalue weighted by Crippen LogP contribution is -2.47. The van der Waals surface area contributed by atoms with E-state index in [0.717, 1.165) is 12.3 Å². The predicted octanol–water partition coefficient (Wildman–Crippen LogP) is 3.69. The van der Waals surface area contributed by atoms with E-state index in [-0.39, 0.29) is 6.47 Å². The molecule has 1 saturated heterocycles. The van der Waals surface area contributed by atoms with E-state index < -0.39 is 0 Å². The van der Waals surface area contributed by atoms with Crippen molar-refractivity contribution < 1.29 is 19.4 Å². The third kappa shape index (κ3) is 5.32. The minimum Gasteiger partial charge on any atom is -0.497 e. The van der Waals surface area contributed by atoms with Crippen molar-refractivity contribution in [1.82, 2.24) is 4.90 Å². The van der Waals surface area contributed by atoms with Crippen LogP contribution in [0.25, 0.3) is 6.08 Å². The molecule has 5 heteroatoms. The highest BCUT2D eigenvalue weighted by Crippen LogP contribution is 2.46. The molecule has 1 aromatic rings. The SMILES string of the molecule is COc1ccc(C=CCN2CCC[C@]3(CCC[C@H]3OC)C2)cc1.O=CO. The fourth-order valence-electron chi connectivity index (χ4n) is 4.41. The van der Waals surface area contributed by atoms with Gasteiger partial charge in [0.25, 0.3) is 6.47 Å². The summed E-state index contributed by atoms with van der Waals surface area (Å²) in [5, 5.41) is 6.89. The number of rotatable bonds is 5. The molecule has 26 heavy (non-hydrogen) atoms. The third-order valence-electron chi connectivity index (χ3n) is 5.59. The van der Waals surface area contributed by atoms with Crippen molar-refractivity contribution in [3.63, 3.8) is 0 Å². The molecule has 1 N–H and O–H groups in total. The van der Waals surface area contributed by atoms with Gasteiger partial charge in [-0.25, -0.2) is 0 Å². The molecule has 2 aliphatic rings. The number of carbonyl (C=O) groups is 1.